The van der Waals surface area contributed by atoms with Crippen molar-refractivity contribution in [1.82, 2.24) is 15.0 Å². The third-order valence-corrected chi connectivity index (χ3v) is 7.78. The Morgan fingerprint density at radius 1 is 1.31 bits per heavy atom. The van der Waals surface area contributed by atoms with E-state index < -0.39 is 59.1 Å². The zero-order valence-electron chi connectivity index (χ0n) is 21.1. The Morgan fingerprint density at radius 2 is 2.03 bits per heavy atom. The van der Waals surface area contributed by atoms with Crippen LogP contribution >= 0.6 is 0 Å². The van der Waals surface area contributed by atoms with Crippen LogP contribution in [0.25, 0.3) is 11.0 Å². The number of benzene rings is 1. The first-order chi connectivity index (χ1) is 18.3. The van der Waals surface area contributed by atoms with E-state index in [1.54, 1.807) is 11.0 Å². The Labute approximate surface area is 219 Å². The summed E-state index contributed by atoms with van der Waals surface area (Å²) in [5, 5.41) is 9.91. The first-order valence-electron chi connectivity index (χ1n) is 12.2. The molecule has 1 amide bonds. The third-order valence-electron chi connectivity index (χ3n) is 7.78. The van der Waals surface area contributed by atoms with Crippen molar-refractivity contribution in [2.75, 3.05) is 25.1 Å². The average Bonchev–Trinajstić information content (AvgIpc) is 3.56. The second-order valence-electron chi connectivity index (χ2n) is 10.0. The maximum atomic E-state index is 14.7. The highest BCUT2D eigenvalue weighted by molar-refractivity contribution is 6.03. The number of alkyl halides is 3. The molecule has 2 fully saturated rings. The van der Waals surface area contributed by atoms with Crippen LogP contribution in [0.2, 0.25) is 0 Å². The van der Waals surface area contributed by atoms with Gasteiger partial charge in [0.1, 0.15) is 23.3 Å². The van der Waals surface area contributed by atoms with Crippen molar-refractivity contribution < 1.29 is 41.3 Å². The van der Waals surface area contributed by atoms with Crippen molar-refractivity contribution >= 4 is 22.8 Å². The van der Waals surface area contributed by atoms with E-state index in [1.165, 1.54) is 6.92 Å². The molecule has 2 aliphatic heterocycles. The molecule has 9 nitrogen and oxygen atoms in total. The zero-order chi connectivity index (χ0) is 28.4. The van der Waals surface area contributed by atoms with Crippen LogP contribution in [0.4, 0.5) is 27.8 Å². The maximum absolute atomic E-state index is 14.7. The first kappa shape index (κ1) is 27.1. The van der Waals surface area contributed by atoms with Gasteiger partial charge in [0.15, 0.2) is 22.9 Å². The Hall–Kier alpha value is -3.52. The number of aromatic amines is 1. The molecule has 0 saturated carbocycles. The third kappa shape index (κ3) is 4.25. The molecule has 0 spiro atoms. The Kier molecular flexibility index (Phi) is 6.45. The summed E-state index contributed by atoms with van der Waals surface area (Å²) in [6, 6.07) is 3.52. The number of β-amino-alcohol motifs (C(OH)–C–C–N with tert-alkyl or cyclic N) is 1. The number of rotatable bonds is 5. The van der Waals surface area contributed by atoms with Gasteiger partial charge in [0.25, 0.3) is 5.91 Å². The molecule has 210 valence electrons. The van der Waals surface area contributed by atoms with Crippen LogP contribution in [0.15, 0.2) is 18.2 Å². The maximum Gasteiger partial charge on any atom is 0.417 e. The van der Waals surface area contributed by atoms with Crippen LogP contribution in [0.5, 0.6) is 5.75 Å². The number of H-pyrrole nitrogens is 1. The fourth-order valence-electron chi connectivity index (χ4n) is 5.49. The number of amides is 1. The predicted octanol–water partition coefficient (Wildman–Crippen LogP) is 3.73. The molecule has 0 bridgehead atoms. The van der Waals surface area contributed by atoms with Gasteiger partial charge in [0, 0.05) is 36.6 Å². The van der Waals surface area contributed by atoms with Crippen molar-refractivity contribution in [3.05, 3.63) is 46.9 Å². The largest absolute Gasteiger partial charge is 0.493 e. The van der Waals surface area contributed by atoms with Crippen molar-refractivity contribution in [3.8, 4) is 5.75 Å². The first-order valence-corrected chi connectivity index (χ1v) is 12.2. The number of carbonyl (C=O) groups is 1. The van der Waals surface area contributed by atoms with Gasteiger partial charge in [-0.15, -0.1) is 0 Å². The Bertz CT molecular complexity index is 1450. The number of methoxy groups -OCH3 is 1. The number of hydrogen-bond donors (Lipinski definition) is 3. The fraction of sp³-hybridized carbons (Fsp3) is 0.480. The highest BCUT2D eigenvalue weighted by atomic mass is 19.4. The number of fused-ring (bicyclic) bond motifs is 1. The number of anilines is 1. The lowest BCUT2D eigenvalue weighted by Crippen LogP contribution is -2.46. The van der Waals surface area contributed by atoms with E-state index in [-0.39, 0.29) is 34.7 Å². The number of ether oxygens (including phenoxy) is 2. The van der Waals surface area contributed by atoms with E-state index in [9.17, 15) is 31.9 Å². The number of hydrogen-bond acceptors (Lipinski definition) is 7. The van der Waals surface area contributed by atoms with E-state index in [1.807, 2.05) is 0 Å². The number of pyridine rings is 1. The lowest BCUT2D eigenvalue weighted by molar-refractivity contribution is -0.275. The molecule has 2 saturated heterocycles. The second-order valence-corrected chi connectivity index (χ2v) is 10.0. The molecule has 39 heavy (non-hydrogen) atoms. The summed E-state index contributed by atoms with van der Waals surface area (Å²) in [5.74, 6) is -6.30. The molecule has 4 N–H and O–H groups in total. The SMILES string of the molecule is COc1c([C@H]2[C@H](c3nc4c(C(N)=O)nc(N5CCC(O)C5)cc4[nH]3)O[C@@](C)(C(F)(F)F)[C@H]2C)ccc(F)c1F. The predicted molar refractivity (Wildman–Crippen MR) is 128 cm³/mol. The number of carbonyl (C=O) groups excluding carboxylic acids is 1. The van der Waals surface area contributed by atoms with Crippen LogP contribution in [-0.2, 0) is 4.74 Å². The molecule has 14 heteroatoms. The van der Waals surface area contributed by atoms with Gasteiger partial charge in [0.2, 0.25) is 5.82 Å². The zero-order valence-corrected chi connectivity index (χ0v) is 21.1. The number of nitrogens with zero attached hydrogens (tertiary/aromatic N) is 3. The monoisotopic (exact) mass is 555 g/mol. The standard InChI is InChI=1S/C25H26F5N5O4/c1-10-16(12-4-5-13(26)17(27)20(12)38-3)21(39-24(10,2)25(28,29)30)23-32-14-8-15(35-7-6-11(36)9-35)33-19(22(31)37)18(14)34-23/h4-5,8,10-11,16,21,36H,6-7,9H2,1-3H3,(H2,31,37)(H,32,34)/t10-,11?,16-,21+,24+/m0/s1. The number of nitrogens with one attached hydrogen (secondary N) is 1. The van der Waals surface area contributed by atoms with Crippen LogP contribution in [0, 0.1) is 17.6 Å². The van der Waals surface area contributed by atoms with Gasteiger partial charge in [-0.3, -0.25) is 4.79 Å². The van der Waals surface area contributed by atoms with Crippen LogP contribution in [0.3, 0.4) is 0 Å². The molecule has 0 aliphatic carbocycles. The van der Waals surface area contributed by atoms with Crippen LogP contribution < -0.4 is 15.4 Å². The van der Waals surface area contributed by atoms with E-state index in [2.05, 4.69) is 15.0 Å². The molecule has 3 aromatic rings. The van der Waals surface area contributed by atoms with Gasteiger partial charge in [-0.05, 0) is 19.4 Å². The molecule has 1 unspecified atom stereocenters. The molecule has 5 atom stereocenters. The van der Waals surface area contributed by atoms with Gasteiger partial charge >= 0.3 is 6.18 Å². The molecule has 4 heterocycles. The lowest BCUT2D eigenvalue weighted by atomic mass is 9.77. The number of imidazole rings is 1. The average molecular weight is 556 g/mol. The topological polar surface area (TPSA) is 127 Å². The minimum Gasteiger partial charge on any atom is -0.493 e. The quantitative estimate of drug-likeness (QED) is 0.410. The van der Waals surface area contributed by atoms with Gasteiger partial charge in [-0.25, -0.2) is 14.4 Å². The second kappa shape index (κ2) is 9.30. The van der Waals surface area contributed by atoms with E-state index in [4.69, 9.17) is 15.2 Å². The number of aliphatic hydroxyl groups excluding tert-OH is 1. The number of halogens is 5. The number of primary amides is 1. The molecular weight excluding hydrogens is 529 g/mol. The molecule has 1 aromatic carbocycles. The summed E-state index contributed by atoms with van der Waals surface area (Å²) in [7, 11) is 1.09. The Balaban J connectivity index is 1.68. The van der Waals surface area contributed by atoms with Gasteiger partial charge in [-0.1, -0.05) is 13.0 Å². The van der Waals surface area contributed by atoms with Crippen molar-refractivity contribution in [1.29, 1.82) is 0 Å². The summed E-state index contributed by atoms with van der Waals surface area (Å²) in [6.07, 6.45) is -6.37. The highest BCUT2D eigenvalue weighted by Gasteiger charge is 2.65. The van der Waals surface area contributed by atoms with Crippen molar-refractivity contribution in [3.63, 3.8) is 0 Å². The van der Waals surface area contributed by atoms with E-state index in [0.29, 0.717) is 18.8 Å². The minimum absolute atomic E-state index is 0.00821. The van der Waals surface area contributed by atoms with Crippen LogP contribution in [0.1, 0.15) is 54.2 Å². The van der Waals surface area contributed by atoms with E-state index >= 15 is 0 Å². The number of aromatic nitrogens is 3. The molecule has 2 aromatic heterocycles. The van der Waals surface area contributed by atoms with E-state index in [0.717, 1.165) is 26.2 Å². The van der Waals surface area contributed by atoms with Gasteiger partial charge < -0.3 is 30.2 Å². The van der Waals surface area contributed by atoms with Crippen molar-refractivity contribution in [2.24, 2.45) is 11.7 Å². The summed E-state index contributed by atoms with van der Waals surface area (Å²) in [5.41, 5.74) is 2.85. The fourth-order valence-corrected chi connectivity index (χ4v) is 5.49. The van der Waals surface area contributed by atoms with Crippen LogP contribution in [-0.4, -0.2) is 64.0 Å². The normalized spacial score (nSPS) is 27.5. The Morgan fingerprint density at radius 3 is 2.62 bits per heavy atom. The van der Waals surface area contributed by atoms with Gasteiger partial charge in [0.05, 0.1) is 18.7 Å². The lowest BCUT2D eigenvalue weighted by Gasteiger charge is -2.32. The van der Waals surface area contributed by atoms with Crippen molar-refractivity contribution in [2.45, 2.75) is 50.2 Å². The molecule has 5 rings (SSSR count). The summed E-state index contributed by atoms with van der Waals surface area (Å²) in [4.78, 5) is 25.6. The molecular formula is C25H26F5N5O4. The van der Waals surface area contributed by atoms with Gasteiger partial charge in [-0.2, -0.15) is 17.6 Å². The summed E-state index contributed by atoms with van der Waals surface area (Å²) >= 11 is 0. The molecule has 2 aliphatic rings. The summed E-state index contributed by atoms with van der Waals surface area (Å²) < 4.78 is 82.3. The summed E-state index contributed by atoms with van der Waals surface area (Å²) in [6.45, 7) is 2.91. The smallest absolute Gasteiger partial charge is 0.417 e. The number of nitrogens with two attached hydrogens (primary N) is 1. The number of aliphatic hydroxyl groups is 1. The molecule has 0 radical (unpaired) electrons. The highest BCUT2D eigenvalue weighted by Crippen LogP contribution is 2.59. The minimum atomic E-state index is -4.83.